The van der Waals surface area contributed by atoms with E-state index in [1.54, 1.807) is 24.5 Å². The van der Waals surface area contributed by atoms with Gasteiger partial charge in [0.25, 0.3) is 0 Å². The number of carbonyl (C=O) groups is 1. The summed E-state index contributed by atoms with van der Waals surface area (Å²) in [5.41, 5.74) is 1.83. The van der Waals surface area contributed by atoms with E-state index in [4.69, 9.17) is 4.52 Å². The van der Waals surface area contributed by atoms with Gasteiger partial charge in [-0.25, -0.2) is 4.39 Å². The molecule has 4 rings (SSSR count). The number of halogens is 1. The summed E-state index contributed by atoms with van der Waals surface area (Å²) in [6.45, 7) is 0.744. The Kier molecular flexibility index (Phi) is 4.91. The molecule has 6 nitrogen and oxygen atoms in total. The first kappa shape index (κ1) is 17.3. The van der Waals surface area contributed by atoms with Crippen LogP contribution >= 0.6 is 0 Å². The lowest BCUT2D eigenvalue weighted by molar-refractivity contribution is -0.139. The van der Waals surface area contributed by atoms with Crippen molar-refractivity contribution in [1.82, 2.24) is 20.0 Å². The summed E-state index contributed by atoms with van der Waals surface area (Å²) in [5, 5.41) is 3.97. The number of benzene rings is 1. The van der Waals surface area contributed by atoms with Crippen LogP contribution in [0.25, 0.3) is 11.4 Å². The highest BCUT2D eigenvalue weighted by atomic mass is 19.1. The predicted octanol–water partition coefficient (Wildman–Crippen LogP) is 3.57. The molecule has 1 aromatic carbocycles. The minimum atomic E-state index is -0.262. The lowest BCUT2D eigenvalue weighted by atomic mass is 9.94. The van der Waals surface area contributed by atoms with Gasteiger partial charge >= 0.3 is 0 Å². The van der Waals surface area contributed by atoms with Crippen molar-refractivity contribution < 1.29 is 13.7 Å². The van der Waals surface area contributed by atoms with Gasteiger partial charge in [0.1, 0.15) is 5.82 Å². The molecule has 2 aromatic heterocycles. The second-order valence-electron chi connectivity index (χ2n) is 6.54. The first-order valence-electron chi connectivity index (χ1n) is 8.98. The Bertz CT molecular complexity index is 911. The molecule has 1 atom stereocenters. The molecule has 3 aromatic rings. The van der Waals surface area contributed by atoms with E-state index in [1.807, 2.05) is 17.0 Å². The normalized spacial score (nSPS) is 16.2. The molecule has 0 saturated carbocycles. The summed E-state index contributed by atoms with van der Waals surface area (Å²) in [7, 11) is 0. The van der Waals surface area contributed by atoms with Gasteiger partial charge < -0.3 is 9.42 Å². The summed E-state index contributed by atoms with van der Waals surface area (Å²) in [6.07, 6.45) is 5.88. The molecule has 0 N–H and O–H groups in total. The Balaban J connectivity index is 1.29. The van der Waals surface area contributed by atoms with Crippen LogP contribution in [-0.4, -0.2) is 32.5 Å². The van der Waals surface area contributed by atoms with Crippen molar-refractivity contribution in [2.24, 2.45) is 0 Å². The van der Waals surface area contributed by atoms with Crippen molar-refractivity contribution in [1.29, 1.82) is 0 Å². The third kappa shape index (κ3) is 3.86. The van der Waals surface area contributed by atoms with Crippen molar-refractivity contribution in [2.45, 2.75) is 31.7 Å². The molecule has 1 unspecified atom stereocenters. The molecule has 1 saturated heterocycles. The minimum Gasteiger partial charge on any atom is -0.339 e. The second kappa shape index (κ2) is 7.65. The van der Waals surface area contributed by atoms with Crippen LogP contribution in [0.5, 0.6) is 0 Å². The Morgan fingerprint density at radius 1 is 1.19 bits per heavy atom. The highest BCUT2D eigenvalue weighted by molar-refractivity contribution is 5.77. The lowest BCUT2D eigenvalue weighted by Gasteiger charge is -2.41. The van der Waals surface area contributed by atoms with Crippen molar-refractivity contribution in [3.63, 3.8) is 0 Å². The van der Waals surface area contributed by atoms with Crippen LogP contribution in [0.2, 0.25) is 0 Å². The summed E-state index contributed by atoms with van der Waals surface area (Å²) < 4.78 is 18.3. The quantitative estimate of drug-likeness (QED) is 0.667. The van der Waals surface area contributed by atoms with E-state index in [9.17, 15) is 9.18 Å². The van der Waals surface area contributed by atoms with Crippen molar-refractivity contribution in [3.05, 3.63) is 66.1 Å². The van der Waals surface area contributed by atoms with E-state index >= 15 is 0 Å². The van der Waals surface area contributed by atoms with Gasteiger partial charge in [-0.3, -0.25) is 9.78 Å². The molecule has 138 valence electrons. The molecule has 7 heteroatoms. The summed E-state index contributed by atoms with van der Waals surface area (Å²) in [6, 6.07) is 10.1. The lowest BCUT2D eigenvalue weighted by Crippen LogP contribution is -2.45. The maximum atomic E-state index is 13.1. The number of aryl methyl sites for hydroxylation is 1. The van der Waals surface area contributed by atoms with Gasteiger partial charge in [-0.2, -0.15) is 4.98 Å². The Hall–Kier alpha value is -3.09. The highest BCUT2D eigenvalue weighted by Crippen LogP contribution is 2.34. The molecular weight excluding hydrogens is 347 g/mol. The van der Waals surface area contributed by atoms with E-state index in [0.29, 0.717) is 31.0 Å². The molecule has 0 bridgehead atoms. The molecule has 1 amide bonds. The molecular formula is C20H19FN4O2. The molecule has 1 aliphatic heterocycles. The third-order valence-electron chi connectivity index (χ3n) is 4.78. The summed E-state index contributed by atoms with van der Waals surface area (Å²) >= 11 is 0. The molecule has 0 spiro atoms. The zero-order valence-corrected chi connectivity index (χ0v) is 14.7. The molecule has 1 fully saturated rings. The van der Waals surface area contributed by atoms with Crippen LogP contribution in [0.1, 0.15) is 36.8 Å². The standard InChI is InChI=1S/C20H19FN4O2/c21-16-6-4-14(5-7-16)17-10-13-25(17)19(26)3-1-2-18-23-20(24-27-18)15-8-11-22-12-9-15/h4-9,11-12,17H,1-3,10,13H2. The SMILES string of the molecule is O=C(CCCc1nc(-c2ccncc2)no1)N1CCC1c1ccc(F)cc1. The van der Waals surface area contributed by atoms with Gasteiger partial charge in [-0.1, -0.05) is 17.3 Å². The first-order chi connectivity index (χ1) is 13.2. The number of amides is 1. The number of aromatic nitrogens is 3. The van der Waals surface area contributed by atoms with Gasteiger partial charge in [-0.15, -0.1) is 0 Å². The van der Waals surface area contributed by atoms with E-state index < -0.39 is 0 Å². The number of nitrogens with zero attached hydrogens (tertiary/aromatic N) is 4. The van der Waals surface area contributed by atoms with E-state index in [1.165, 1.54) is 12.1 Å². The highest BCUT2D eigenvalue weighted by Gasteiger charge is 2.32. The topological polar surface area (TPSA) is 72.1 Å². The number of hydrogen-bond acceptors (Lipinski definition) is 5. The van der Waals surface area contributed by atoms with E-state index in [-0.39, 0.29) is 17.8 Å². The average Bonchev–Trinajstić information content (AvgIpc) is 3.12. The smallest absolute Gasteiger partial charge is 0.226 e. The Morgan fingerprint density at radius 2 is 1.96 bits per heavy atom. The number of hydrogen-bond donors (Lipinski definition) is 0. The number of rotatable bonds is 6. The van der Waals surface area contributed by atoms with Gasteiger partial charge in [0, 0.05) is 37.3 Å². The van der Waals surface area contributed by atoms with Gasteiger partial charge in [0.05, 0.1) is 6.04 Å². The fraction of sp³-hybridized carbons (Fsp3) is 0.300. The van der Waals surface area contributed by atoms with Crippen molar-refractivity contribution in [2.75, 3.05) is 6.54 Å². The largest absolute Gasteiger partial charge is 0.339 e. The monoisotopic (exact) mass is 366 g/mol. The fourth-order valence-corrected chi connectivity index (χ4v) is 3.23. The van der Waals surface area contributed by atoms with Crippen LogP contribution in [0.3, 0.4) is 0 Å². The van der Waals surface area contributed by atoms with Crippen LogP contribution in [0.15, 0.2) is 53.3 Å². The average molecular weight is 366 g/mol. The predicted molar refractivity (Wildman–Crippen MR) is 95.9 cm³/mol. The number of likely N-dealkylation sites (tertiary alicyclic amines) is 1. The molecule has 3 heterocycles. The van der Waals surface area contributed by atoms with Crippen LogP contribution in [0, 0.1) is 5.82 Å². The number of pyridine rings is 1. The summed E-state index contributed by atoms with van der Waals surface area (Å²) in [5.74, 6) is 0.886. The zero-order valence-electron chi connectivity index (χ0n) is 14.7. The summed E-state index contributed by atoms with van der Waals surface area (Å²) in [4.78, 5) is 22.6. The zero-order chi connectivity index (χ0) is 18.6. The van der Waals surface area contributed by atoms with E-state index in [2.05, 4.69) is 15.1 Å². The Labute approximate surface area is 156 Å². The maximum Gasteiger partial charge on any atom is 0.226 e. The number of carbonyl (C=O) groups excluding carboxylic acids is 1. The molecule has 0 aliphatic carbocycles. The van der Waals surface area contributed by atoms with Gasteiger partial charge in [0.15, 0.2) is 0 Å². The minimum absolute atomic E-state index is 0.0554. The molecule has 1 aliphatic rings. The van der Waals surface area contributed by atoms with Gasteiger partial charge in [-0.05, 0) is 42.7 Å². The molecule has 27 heavy (non-hydrogen) atoms. The third-order valence-corrected chi connectivity index (χ3v) is 4.78. The van der Waals surface area contributed by atoms with E-state index in [0.717, 1.165) is 24.1 Å². The van der Waals surface area contributed by atoms with Crippen LogP contribution in [-0.2, 0) is 11.2 Å². The van der Waals surface area contributed by atoms with Crippen LogP contribution in [0.4, 0.5) is 4.39 Å². The van der Waals surface area contributed by atoms with Crippen LogP contribution < -0.4 is 0 Å². The molecule has 0 radical (unpaired) electrons. The van der Waals surface area contributed by atoms with Gasteiger partial charge in [0.2, 0.25) is 17.6 Å². The van der Waals surface area contributed by atoms with Crippen molar-refractivity contribution in [3.8, 4) is 11.4 Å². The maximum absolute atomic E-state index is 13.1. The Morgan fingerprint density at radius 3 is 2.67 bits per heavy atom. The second-order valence-corrected chi connectivity index (χ2v) is 6.54. The van der Waals surface area contributed by atoms with Crippen molar-refractivity contribution >= 4 is 5.91 Å². The first-order valence-corrected chi connectivity index (χ1v) is 8.98. The fourth-order valence-electron chi connectivity index (χ4n) is 3.23.